The maximum Gasteiger partial charge on any atom is 0.303 e. The van der Waals surface area contributed by atoms with Crippen LogP contribution < -0.4 is 9.47 Å². The maximum atomic E-state index is 14.3. The van der Waals surface area contributed by atoms with Gasteiger partial charge in [0.25, 0.3) is 5.92 Å². The van der Waals surface area contributed by atoms with Crippen LogP contribution in [0, 0.1) is 5.92 Å². The largest absolute Gasteiger partial charge is 0.495 e. The van der Waals surface area contributed by atoms with E-state index in [-0.39, 0.29) is 28.5 Å². The fourth-order valence-electron chi connectivity index (χ4n) is 2.10. The summed E-state index contributed by atoms with van der Waals surface area (Å²) in [6.07, 6.45) is -0.944. The van der Waals surface area contributed by atoms with E-state index in [0.717, 1.165) is 0 Å². The number of halogens is 3. The van der Waals surface area contributed by atoms with Crippen LogP contribution in [0.25, 0.3) is 0 Å². The molecule has 7 heteroatoms. The fraction of sp³-hybridized carbons (Fsp3) is 0.500. The van der Waals surface area contributed by atoms with Gasteiger partial charge in [-0.15, -0.1) is 0 Å². The van der Waals surface area contributed by atoms with Gasteiger partial charge in [-0.05, 0) is 18.1 Å². The molecule has 0 radical (unpaired) electrons. The third-order valence-corrected chi connectivity index (χ3v) is 3.37. The van der Waals surface area contributed by atoms with Crippen molar-refractivity contribution in [2.75, 3.05) is 14.2 Å². The Morgan fingerprint density at radius 2 is 2.00 bits per heavy atom. The molecule has 1 rings (SSSR count). The van der Waals surface area contributed by atoms with Crippen LogP contribution >= 0.6 is 11.6 Å². The monoisotopic (exact) mass is 322 g/mol. The van der Waals surface area contributed by atoms with Gasteiger partial charge in [0.15, 0.2) is 0 Å². The normalized spacial score (nSPS) is 12.9. The Hall–Kier alpha value is -1.56. The predicted octanol–water partition coefficient (Wildman–Crippen LogP) is 3.95. The summed E-state index contributed by atoms with van der Waals surface area (Å²) in [6.45, 7) is 1.46. The summed E-state index contributed by atoms with van der Waals surface area (Å²) >= 11 is 5.96. The van der Waals surface area contributed by atoms with Crippen LogP contribution in [0.1, 0.15) is 25.3 Å². The van der Waals surface area contributed by atoms with E-state index < -0.39 is 24.2 Å². The third-order valence-electron chi connectivity index (χ3n) is 3.01. The van der Waals surface area contributed by atoms with Crippen LogP contribution in [0.5, 0.6) is 11.5 Å². The number of hydrogen-bond acceptors (Lipinski definition) is 3. The molecular formula is C14H17ClF2O4. The van der Waals surface area contributed by atoms with E-state index in [0.29, 0.717) is 0 Å². The highest BCUT2D eigenvalue weighted by molar-refractivity contribution is 6.33. The van der Waals surface area contributed by atoms with Crippen LogP contribution in [-0.2, 0) is 10.7 Å². The van der Waals surface area contributed by atoms with Gasteiger partial charge >= 0.3 is 5.97 Å². The summed E-state index contributed by atoms with van der Waals surface area (Å²) in [5.74, 6) is -4.99. The van der Waals surface area contributed by atoms with Gasteiger partial charge in [0, 0.05) is 12.8 Å². The molecule has 1 N–H and O–H groups in total. The lowest BCUT2D eigenvalue weighted by molar-refractivity contribution is -0.138. The van der Waals surface area contributed by atoms with Crippen molar-refractivity contribution >= 4 is 17.6 Å². The number of hydrogen-bond donors (Lipinski definition) is 1. The van der Waals surface area contributed by atoms with Crippen molar-refractivity contribution in [3.63, 3.8) is 0 Å². The number of aliphatic carboxylic acids is 1. The van der Waals surface area contributed by atoms with Crippen LogP contribution in [0.2, 0.25) is 5.02 Å². The number of carbonyl (C=O) groups is 1. The van der Waals surface area contributed by atoms with Crippen LogP contribution in [0.15, 0.2) is 12.1 Å². The molecule has 1 unspecified atom stereocenters. The Balaban J connectivity index is 3.13. The standard InChI is InChI=1S/C14H17ClF2O4/c1-8(6-11(18)19)7-14(16,17)9-4-5-10(20-2)12(15)13(9)21-3/h4-5,8H,6-7H2,1-3H3,(H,18,19). The van der Waals surface area contributed by atoms with E-state index in [9.17, 15) is 13.6 Å². The molecule has 4 nitrogen and oxygen atoms in total. The number of carboxylic acid groups (broad SMARTS) is 1. The number of carboxylic acids is 1. The van der Waals surface area contributed by atoms with Gasteiger partial charge in [-0.3, -0.25) is 4.79 Å². The first-order valence-electron chi connectivity index (χ1n) is 6.23. The molecule has 0 saturated carbocycles. The molecule has 0 fully saturated rings. The molecule has 118 valence electrons. The molecule has 0 spiro atoms. The highest BCUT2D eigenvalue weighted by atomic mass is 35.5. The molecule has 1 atom stereocenters. The number of ether oxygens (including phenoxy) is 2. The number of benzene rings is 1. The molecule has 0 saturated heterocycles. The molecule has 0 aliphatic carbocycles. The molecular weight excluding hydrogens is 306 g/mol. The van der Waals surface area contributed by atoms with Crippen LogP contribution in [-0.4, -0.2) is 25.3 Å². The van der Waals surface area contributed by atoms with Gasteiger partial charge in [0.1, 0.15) is 16.5 Å². The van der Waals surface area contributed by atoms with Gasteiger partial charge in [0.2, 0.25) is 0 Å². The Morgan fingerprint density at radius 3 is 2.48 bits per heavy atom. The Kier molecular flexibility index (Phi) is 5.78. The van der Waals surface area contributed by atoms with E-state index in [1.54, 1.807) is 0 Å². The van der Waals surface area contributed by atoms with E-state index in [1.807, 2.05) is 0 Å². The second kappa shape index (κ2) is 6.93. The summed E-state index contributed by atoms with van der Waals surface area (Å²) < 4.78 is 38.6. The molecule has 21 heavy (non-hydrogen) atoms. The van der Waals surface area contributed by atoms with Crippen molar-refractivity contribution in [2.45, 2.75) is 25.7 Å². The second-order valence-electron chi connectivity index (χ2n) is 4.77. The minimum absolute atomic E-state index is 0.0388. The molecule has 0 heterocycles. The van der Waals surface area contributed by atoms with Gasteiger partial charge in [-0.1, -0.05) is 18.5 Å². The van der Waals surface area contributed by atoms with E-state index in [2.05, 4.69) is 0 Å². The summed E-state index contributed by atoms with van der Waals surface area (Å²) in [5, 5.41) is 8.62. The minimum Gasteiger partial charge on any atom is -0.495 e. The van der Waals surface area contributed by atoms with Crippen molar-refractivity contribution in [2.24, 2.45) is 5.92 Å². The quantitative estimate of drug-likeness (QED) is 0.826. The Bertz CT molecular complexity index is 520. The predicted molar refractivity (Wildman–Crippen MR) is 74.5 cm³/mol. The number of methoxy groups -OCH3 is 2. The zero-order valence-electron chi connectivity index (χ0n) is 12.0. The highest BCUT2D eigenvalue weighted by Crippen LogP contribution is 2.46. The number of rotatable bonds is 7. The van der Waals surface area contributed by atoms with Gasteiger partial charge < -0.3 is 14.6 Å². The average Bonchev–Trinajstić information content (AvgIpc) is 2.36. The van der Waals surface area contributed by atoms with E-state index in [1.165, 1.54) is 33.3 Å². The first-order chi connectivity index (χ1) is 9.72. The zero-order chi connectivity index (χ0) is 16.2. The van der Waals surface area contributed by atoms with Crippen molar-refractivity contribution in [3.05, 3.63) is 22.7 Å². The highest BCUT2D eigenvalue weighted by Gasteiger charge is 2.38. The Labute approximate surface area is 126 Å². The lowest BCUT2D eigenvalue weighted by Gasteiger charge is -2.23. The summed E-state index contributed by atoms with van der Waals surface area (Å²) in [5.41, 5.74) is -0.381. The molecule has 1 aromatic rings. The van der Waals surface area contributed by atoms with Crippen molar-refractivity contribution in [1.29, 1.82) is 0 Å². The zero-order valence-corrected chi connectivity index (χ0v) is 12.7. The van der Waals surface area contributed by atoms with Crippen LogP contribution in [0.3, 0.4) is 0 Å². The number of alkyl halides is 2. The SMILES string of the molecule is COc1ccc(C(F)(F)CC(C)CC(=O)O)c(OC)c1Cl. The molecule has 0 bridgehead atoms. The molecule has 0 amide bonds. The fourth-order valence-corrected chi connectivity index (χ4v) is 2.42. The summed E-state index contributed by atoms with van der Waals surface area (Å²) in [4.78, 5) is 10.6. The molecule has 0 aliphatic heterocycles. The van der Waals surface area contributed by atoms with Crippen molar-refractivity contribution < 1.29 is 28.2 Å². The van der Waals surface area contributed by atoms with Crippen molar-refractivity contribution in [3.8, 4) is 11.5 Å². The molecule has 0 aromatic heterocycles. The smallest absolute Gasteiger partial charge is 0.303 e. The van der Waals surface area contributed by atoms with E-state index >= 15 is 0 Å². The average molecular weight is 323 g/mol. The molecule has 1 aromatic carbocycles. The topological polar surface area (TPSA) is 55.8 Å². The van der Waals surface area contributed by atoms with Gasteiger partial charge in [-0.2, -0.15) is 0 Å². The van der Waals surface area contributed by atoms with Gasteiger partial charge in [0.05, 0.1) is 19.8 Å². The molecule has 0 aliphatic rings. The third kappa shape index (κ3) is 4.20. The summed E-state index contributed by atoms with van der Waals surface area (Å²) in [7, 11) is 2.61. The lowest BCUT2D eigenvalue weighted by Crippen LogP contribution is -2.20. The first kappa shape index (κ1) is 17.5. The van der Waals surface area contributed by atoms with Gasteiger partial charge in [-0.25, -0.2) is 8.78 Å². The van der Waals surface area contributed by atoms with Crippen molar-refractivity contribution in [1.82, 2.24) is 0 Å². The first-order valence-corrected chi connectivity index (χ1v) is 6.61. The maximum absolute atomic E-state index is 14.3. The van der Waals surface area contributed by atoms with Crippen LogP contribution in [0.4, 0.5) is 8.78 Å². The lowest BCUT2D eigenvalue weighted by atomic mass is 9.94. The second-order valence-corrected chi connectivity index (χ2v) is 5.15. The Morgan fingerprint density at radius 1 is 1.38 bits per heavy atom. The minimum atomic E-state index is -3.25. The van der Waals surface area contributed by atoms with E-state index in [4.69, 9.17) is 26.2 Å². The summed E-state index contributed by atoms with van der Waals surface area (Å²) in [6, 6.07) is 2.51.